The number of nitrogens with zero attached hydrogens (tertiary/aromatic N) is 4. The van der Waals surface area contributed by atoms with Crippen molar-refractivity contribution in [2.75, 3.05) is 13.2 Å². The molecule has 6 nitrogen and oxygen atoms in total. The highest BCUT2D eigenvalue weighted by molar-refractivity contribution is 5.97. The third-order valence-electron chi connectivity index (χ3n) is 4.85. The lowest BCUT2D eigenvalue weighted by molar-refractivity contribution is -0.0445. The second kappa shape index (κ2) is 5.05. The number of morpholine rings is 1. The van der Waals surface area contributed by atoms with Crippen LogP contribution < -0.4 is 0 Å². The van der Waals surface area contributed by atoms with E-state index in [0.29, 0.717) is 18.7 Å². The molecule has 0 aromatic carbocycles. The molecule has 1 saturated heterocycles. The Morgan fingerprint density at radius 1 is 1.41 bits per heavy atom. The topological polar surface area (TPSA) is 60.2 Å². The normalized spacial score (nSPS) is 24.7. The average Bonchev–Trinajstić information content (AvgIpc) is 3.11. The molecule has 2 fully saturated rings. The maximum atomic E-state index is 12.9. The first-order valence-electron chi connectivity index (χ1n) is 7.87. The number of fused-ring (bicyclic) bond motifs is 2. The zero-order valence-electron chi connectivity index (χ0n) is 13.0. The zero-order valence-corrected chi connectivity index (χ0v) is 13.0. The van der Waals surface area contributed by atoms with Gasteiger partial charge in [-0.3, -0.25) is 9.48 Å². The Morgan fingerprint density at radius 2 is 2.27 bits per heavy atom. The fraction of sp³-hybridized carbons (Fsp3) is 0.562. The van der Waals surface area contributed by atoms with Gasteiger partial charge in [0.2, 0.25) is 0 Å². The van der Waals surface area contributed by atoms with E-state index in [0.717, 1.165) is 36.0 Å². The SMILES string of the molecule is Cc1nn(C)c2ncc(C(=O)N3CCO[C@H]4CCC[C@H]43)cc12. The molecule has 0 bridgehead atoms. The lowest BCUT2D eigenvalue weighted by Gasteiger charge is -2.37. The highest BCUT2D eigenvalue weighted by Crippen LogP contribution is 2.31. The highest BCUT2D eigenvalue weighted by Gasteiger charge is 2.38. The fourth-order valence-electron chi connectivity index (χ4n) is 3.77. The van der Waals surface area contributed by atoms with Crippen molar-refractivity contribution in [1.82, 2.24) is 19.7 Å². The van der Waals surface area contributed by atoms with Crippen molar-refractivity contribution in [1.29, 1.82) is 0 Å². The molecule has 0 unspecified atom stereocenters. The minimum atomic E-state index is 0.0675. The van der Waals surface area contributed by atoms with Gasteiger partial charge in [-0.1, -0.05) is 0 Å². The predicted molar refractivity (Wildman–Crippen MR) is 81.7 cm³/mol. The molecule has 1 aliphatic carbocycles. The average molecular weight is 300 g/mol. The number of aromatic nitrogens is 3. The van der Waals surface area contributed by atoms with Crippen molar-refractivity contribution in [3.8, 4) is 0 Å². The molecule has 1 saturated carbocycles. The van der Waals surface area contributed by atoms with E-state index in [1.54, 1.807) is 10.9 Å². The Hall–Kier alpha value is -1.95. The maximum Gasteiger partial charge on any atom is 0.255 e. The number of pyridine rings is 1. The molecule has 6 heteroatoms. The molecule has 1 aliphatic heterocycles. The summed E-state index contributed by atoms with van der Waals surface area (Å²) in [6.07, 6.45) is 5.13. The summed E-state index contributed by atoms with van der Waals surface area (Å²) in [6.45, 7) is 3.25. The zero-order chi connectivity index (χ0) is 15.3. The smallest absolute Gasteiger partial charge is 0.255 e. The standard InChI is InChI=1S/C16H20N4O2/c1-10-12-8-11(9-17-15(12)19(2)18-10)16(21)20-6-7-22-14-5-3-4-13(14)20/h8-9,13-14H,3-7H2,1-2H3/t13-,14+/m1/s1. The van der Waals surface area contributed by atoms with Gasteiger partial charge >= 0.3 is 0 Å². The molecule has 2 aromatic rings. The van der Waals surface area contributed by atoms with Crippen LogP contribution in [0.5, 0.6) is 0 Å². The monoisotopic (exact) mass is 300 g/mol. The van der Waals surface area contributed by atoms with E-state index in [4.69, 9.17) is 4.74 Å². The first-order chi connectivity index (χ1) is 10.6. The molecular weight excluding hydrogens is 280 g/mol. The van der Waals surface area contributed by atoms with Crippen LogP contribution in [0.15, 0.2) is 12.3 Å². The number of ether oxygens (including phenoxy) is 1. The van der Waals surface area contributed by atoms with Gasteiger partial charge in [0.25, 0.3) is 5.91 Å². The van der Waals surface area contributed by atoms with Gasteiger partial charge in [-0.2, -0.15) is 5.10 Å². The van der Waals surface area contributed by atoms with Crippen molar-refractivity contribution in [3.05, 3.63) is 23.5 Å². The Bertz CT molecular complexity index is 739. The van der Waals surface area contributed by atoms with E-state index in [2.05, 4.69) is 10.1 Å². The minimum absolute atomic E-state index is 0.0675. The van der Waals surface area contributed by atoms with Crippen molar-refractivity contribution >= 4 is 16.9 Å². The Morgan fingerprint density at radius 3 is 3.14 bits per heavy atom. The molecule has 0 N–H and O–H groups in total. The van der Waals surface area contributed by atoms with Crippen LogP contribution in [-0.4, -0.2) is 50.9 Å². The summed E-state index contributed by atoms with van der Waals surface area (Å²) in [6, 6.07) is 2.15. The van der Waals surface area contributed by atoms with Crippen LogP contribution in [0, 0.1) is 6.92 Å². The van der Waals surface area contributed by atoms with Crippen molar-refractivity contribution in [2.45, 2.75) is 38.3 Å². The summed E-state index contributed by atoms with van der Waals surface area (Å²) in [5.41, 5.74) is 2.37. The van der Waals surface area contributed by atoms with Gasteiger partial charge in [0.15, 0.2) is 5.65 Å². The van der Waals surface area contributed by atoms with Gasteiger partial charge in [-0.25, -0.2) is 4.98 Å². The Kier molecular flexibility index (Phi) is 3.14. The van der Waals surface area contributed by atoms with Crippen LogP contribution in [0.1, 0.15) is 35.3 Å². The second-order valence-electron chi connectivity index (χ2n) is 6.21. The quantitative estimate of drug-likeness (QED) is 0.804. The molecule has 2 aliphatic rings. The van der Waals surface area contributed by atoms with Crippen molar-refractivity contribution in [3.63, 3.8) is 0 Å². The number of aryl methyl sites for hydroxylation is 2. The van der Waals surface area contributed by atoms with Crippen molar-refractivity contribution < 1.29 is 9.53 Å². The summed E-state index contributed by atoms with van der Waals surface area (Å²) in [4.78, 5) is 19.3. The van der Waals surface area contributed by atoms with Crippen LogP contribution in [0.25, 0.3) is 11.0 Å². The van der Waals surface area contributed by atoms with Crippen LogP contribution in [-0.2, 0) is 11.8 Å². The minimum Gasteiger partial charge on any atom is -0.374 e. The van der Waals surface area contributed by atoms with Gasteiger partial charge in [-0.05, 0) is 32.3 Å². The van der Waals surface area contributed by atoms with Gasteiger partial charge in [-0.15, -0.1) is 0 Å². The molecule has 22 heavy (non-hydrogen) atoms. The molecule has 2 atom stereocenters. The largest absolute Gasteiger partial charge is 0.374 e. The Labute approximate surface area is 129 Å². The number of hydrogen-bond acceptors (Lipinski definition) is 4. The summed E-state index contributed by atoms with van der Waals surface area (Å²) in [5, 5.41) is 5.31. The van der Waals surface area contributed by atoms with E-state index in [1.165, 1.54) is 0 Å². The number of carbonyl (C=O) groups excluding carboxylic acids is 1. The second-order valence-corrected chi connectivity index (χ2v) is 6.21. The summed E-state index contributed by atoms with van der Waals surface area (Å²) < 4.78 is 7.54. The number of carbonyl (C=O) groups is 1. The summed E-state index contributed by atoms with van der Waals surface area (Å²) in [7, 11) is 1.87. The Balaban J connectivity index is 1.68. The van der Waals surface area contributed by atoms with Crippen LogP contribution in [0.4, 0.5) is 0 Å². The molecular formula is C16H20N4O2. The lowest BCUT2D eigenvalue weighted by atomic mass is 10.1. The fourth-order valence-corrected chi connectivity index (χ4v) is 3.77. The van der Waals surface area contributed by atoms with Crippen LogP contribution in [0.3, 0.4) is 0 Å². The maximum absolute atomic E-state index is 12.9. The third kappa shape index (κ3) is 2.01. The van der Waals surface area contributed by atoms with Crippen molar-refractivity contribution in [2.24, 2.45) is 7.05 Å². The predicted octanol–water partition coefficient (Wildman–Crippen LogP) is 1.67. The first-order valence-corrected chi connectivity index (χ1v) is 7.87. The van der Waals surface area contributed by atoms with E-state index in [-0.39, 0.29) is 18.1 Å². The van der Waals surface area contributed by atoms with Gasteiger partial charge in [0.05, 0.1) is 30.0 Å². The molecule has 2 aromatic heterocycles. The van der Waals surface area contributed by atoms with E-state index in [1.807, 2.05) is 24.9 Å². The molecule has 0 radical (unpaired) electrons. The van der Waals surface area contributed by atoms with E-state index < -0.39 is 0 Å². The van der Waals surface area contributed by atoms with Gasteiger partial charge in [0.1, 0.15) is 0 Å². The van der Waals surface area contributed by atoms with Gasteiger partial charge < -0.3 is 9.64 Å². The van der Waals surface area contributed by atoms with E-state index in [9.17, 15) is 4.79 Å². The van der Waals surface area contributed by atoms with Crippen LogP contribution in [0.2, 0.25) is 0 Å². The molecule has 1 amide bonds. The first kappa shape index (κ1) is 13.7. The van der Waals surface area contributed by atoms with Crippen LogP contribution >= 0.6 is 0 Å². The molecule has 3 heterocycles. The molecule has 0 spiro atoms. The number of rotatable bonds is 1. The van der Waals surface area contributed by atoms with Gasteiger partial charge in [0, 0.05) is 25.2 Å². The van der Waals surface area contributed by atoms with E-state index >= 15 is 0 Å². The molecule has 116 valence electrons. The third-order valence-corrected chi connectivity index (χ3v) is 4.85. The molecule has 4 rings (SSSR count). The summed E-state index contributed by atoms with van der Waals surface area (Å²) >= 11 is 0. The lowest BCUT2D eigenvalue weighted by Crippen LogP contribution is -2.51. The number of amides is 1. The summed E-state index contributed by atoms with van der Waals surface area (Å²) in [5.74, 6) is 0.0675. The highest BCUT2D eigenvalue weighted by atomic mass is 16.5. The number of hydrogen-bond donors (Lipinski definition) is 0.